The van der Waals surface area contributed by atoms with Gasteiger partial charge in [0.15, 0.2) is 5.76 Å². The molecule has 10 heteroatoms. The molecule has 3 rings (SSSR count). The van der Waals surface area contributed by atoms with Crippen LogP contribution >= 0.6 is 11.6 Å². The summed E-state index contributed by atoms with van der Waals surface area (Å²) < 4.78 is 12.7. The zero-order valence-corrected chi connectivity index (χ0v) is 15.7. The topological polar surface area (TPSA) is 112 Å². The van der Waals surface area contributed by atoms with Crippen molar-refractivity contribution in [3.8, 4) is 5.75 Å². The van der Waals surface area contributed by atoms with Crippen molar-refractivity contribution >= 4 is 23.2 Å². The van der Waals surface area contributed by atoms with Crippen LogP contribution in [0.1, 0.15) is 28.9 Å². The van der Waals surface area contributed by atoms with Crippen molar-refractivity contribution in [3.63, 3.8) is 0 Å². The molecule has 0 radical (unpaired) electrons. The van der Waals surface area contributed by atoms with E-state index in [0.717, 1.165) is 0 Å². The number of nitro groups is 1. The van der Waals surface area contributed by atoms with Crippen LogP contribution in [0.25, 0.3) is 0 Å². The molecular formula is C18H17ClN4O5. The minimum atomic E-state index is -0.484. The summed E-state index contributed by atoms with van der Waals surface area (Å²) in [6.45, 7) is 2.88. The second-order valence-electron chi connectivity index (χ2n) is 5.74. The summed E-state index contributed by atoms with van der Waals surface area (Å²) in [5, 5.41) is 18.0. The van der Waals surface area contributed by atoms with Gasteiger partial charge in [0.05, 0.1) is 28.4 Å². The van der Waals surface area contributed by atoms with Crippen molar-refractivity contribution < 1.29 is 18.9 Å². The predicted octanol–water partition coefficient (Wildman–Crippen LogP) is 3.57. The maximum Gasteiger partial charge on any atom is 0.287 e. The Morgan fingerprint density at radius 2 is 2.07 bits per heavy atom. The molecule has 3 aromatic rings. The van der Waals surface area contributed by atoms with Crippen molar-refractivity contribution in [2.24, 2.45) is 0 Å². The Kier molecular flexibility index (Phi) is 5.95. The van der Waals surface area contributed by atoms with Crippen molar-refractivity contribution in [2.75, 3.05) is 0 Å². The van der Waals surface area contributed by atoms with E-state index in [0.29, 0.717) is 28.8 Å². The summed E-state index contributed by atoms with van der Waals surface area (Å²) in [6.07, 6.45) is 1.53. The molecule has 9 nitrogen and oxygen atoms in total. The van der Waals surface area contributed by atoms with Crippen molar-refractivity contribution in [1.82, 2.24) is 15.1 Å². The van der Waals surface area contributed by atoms with Crippen LogP contribution in [0.4, 0.5) is 5.69 Å². The molecule has 2 aromatic heterocycles. The minimum absolute atomic E-state index is 0.0196. The number of nitro benzene ring substituents is 1. The molecule has 0 saturated carbocycles. The van der Waals surface area contributed by atoms with Crippen LogP contribution in [-0.2, 0) is 19.7 Å². The molecule has 1 aromatic carbocycles. The highest BCUT2D eigenvalue weighted by molar-refractivity contribution is 6.31. The SMILES string of the molecule is CCn1ncc(Cl)c1CNC(=O)c1ccc(COc2ccc([N+](=O)[O-])cc2)o1. The summed E-state index contributed by atoms with van der Waals surface area (Å²) in [6, 6.07) is 8.86. The molecule has 0 unspecified atom stereocenters. The molecule has 146 valence electrons. The molecule has 1 amide bonds. The fourth-order valence-corrected chi connectivity index (χ4v) is 2.69. The smallest absolute Gasteiger partial charge is 0.287 e. The number of carbonyl (C=O) groups is 1. The van der Waals surface area contributed by atoms with Crippen molar-refractivity contribution in [2.45, 2.75) is 26.6 Å². The van der Waals surface area contributed by atoms with Gasteiger partial charge in [0.2, 0.25) is 0 Å². The number of nitrogens with zero attached hydrogens (tertiary/aromatic N) is 3. The van der Waals surface area contributed by atoms with E-state index in [1.54, 1.807) is 16.8 Å². The molecule has 2 heterocycles. The summed E-state index contributed by atoms with van der Waals surface area (Å²) in [5.41, 5.74) is 0.694. The van der Waals surface area contributed by atoms with E-state index in [1.807, 2.05) is 6.92 Å². The number of hydrogen-bond acceptors (Lipinski definition) is 6. The highest BCUT2D eigenvalue weighted by atomic mass is 35.5. The van der Waals surface area contributed by atoms with E-state index in [1.165, 1.54) is 30.5 Å². The predicted molar refractivity (Wildman–Crippen MR) is 100 cm³/mol. The minimum Gasteiger partial charge on any atom is -0.486 e. The number of furan rings is 1. The van der Waals surface area contributed by atoms with Gasteiger partial charge in [-0.1, -0.05) is 11.6 Å². The third-order valence-electron chi connectivity index (χ3n) is 3.93. The van der Waals surface area contributed by atoms with Gasteiger partial charge in [0.25, 0.3) is 11.6 Å². The molecule has 0 aliphatic carbocycles. The van der Waals surface area contributed by atoms with Crippen LogP contribution in [-0.4, -0.2) is 20.6 Å². The zero-order chi connectivity index (χ0) is 20.1. The summed E-state index contributed by atoms with van der Waals surface area (Å²) >= 11 is 6.07. The Morgan fingerprint density at radius 3 is 2.75 bits per heavy atom. The number of nitrogens with one attached hydrogen (secondary N) is 1. The van der Waals surface area contributed by atoms with Gasteiger partial charge in [-0.05, 0) is 31.2 Å². The highest BCUT2D eigenvalue weighted by Gasteiger charge is 2.14. The quantitative estimate of drug-likeness (QED) is 0.453. The number of amides is 1. The Hall–Kier alpha value is -3.33. The van der Waals surface area contributed by atoms with E-state index >= 15 is 0 Å². The largest absolute Gasteiger partial charge is 0.486 e. The first-order chi connectivity index (χ1) is 13.5. The summed E-state index contributed by atoms with van der Waals surface area (Å²) in [7, 11) is 0. The highest BCUT2D eigenvalue weighted by Crippen LogP contribution is 2.19. The maximum atomic E-state index is 12.3. The number of carbonyl (C=O) groups excluding carboxylic acids is 1. The Bertz CT molecular complexity index is 980. The number of aromatic nitrogens is 2. The fraction of sp³-hybridized carbons (Fsp3) is 0.222. The first-order valence-corrected chi connectivity index (χ1v) is 8.80. The lowest BCUT2D eigenvalue weighted by atomic mass is 10.3. The molecule has 0 aliphatic heterocycles. The Morgan fingerprint density at radius 1 is 1.32 bits per heavy atom. The first-order valence-electron chi connectivity index (χ1n) is 8.42. The molecule has 0 saturated heterocycles. The van der Waals surface area contributed by atoms with Crippen LogP contribution in [0, 0.1) is 10.1 Å². The van der Waals surface area contributed by atoms with E-state index in [4.69, 9.17) is 20.8 Å². The second-order valence-corrected chi connectivity index (χ2v) is 6.15. The van der Waals surface area contributed by atoms with E-state index < -0.39 is 4.92 Å². The monoisotopic (exact) mass is 404 g/mol. The molecule has 1 N–H and O–H groups in total. The maximum absolute atomic E-state index is 12.3. The van der Waals surface area contributed by atoms with Gasteiger partial charge >= 0.3 is 0 Å². The lowest BCUT2D eigenvalue weighted by Gasteiger charge is -2.07. The van der Waals surface area contributed by atoms with Gasteiger partial charge in [0.1, 0.15) is 18.1 Å². The van der Waals surface area contributed by atoms with Crippen LogP contribution in [0.5, 0.6) is 5.75 Å². The standard InChI is InChI=1S/C18H17ClN4O5/c1-2-22-16(15(19)9-21-22)10-20-18(24)17-8-7-14(28-17)11-27-13-5-3-12(4-6-13)23(25)26/h3-9H,2,10-11H2,1H3,(H,20,24). The van der Waals surface area contributed by atoms with Crippen LogP contribution in [0.3, 0.4) is 0 Å². The van der Waals surface area contributed by atoms with Gasteiger partial charge in [-0.3, -0.25) is 19.6 Å². The number of non-ortho nitro benzene ring substituents is 1. The molecule has 0 aliphatic rings. The normalized spacial score (nSPS) is 10.6. The van der Waals surface area contributed by atoms with Crippen molar-refractivity contribution in [1.29, 1.82) is 0 Å². The number of rotatable bonds is 8. The number of halogens is 1. The van der Waals surface area contributed by atoms with Gasteiger partial charge < -0.3 is 14.5 Å². The Labute approximate surface area is 165 Å². The molecular weight excluding hydrogens is 388 g/mol. The van der Waals surface area contributed by atoms with Gasteiger partial charge in [-0.15, -0.1) is 0 Å². The number of ether oxygens (including phenoxy) is 1. The van der Waals surface area contributed by atoms with Crippen LogP contribution in [0.15, 0.2) is 47.0 Å². The van der Waals surface area contributed by atoms with E-state index in [2.05, 4.69) is 10.4 Å². The Balaban J connectivity index is 1.55. The lowest BCUT2D eigenvalue weighted by Crippen LogP contribution is -2.24. The number of benzene rings is 1. The fourth-order valence-electron chi connectivity index (χ4n) is 2.48. The number of aryl methyl sites for hydroxylation is 1. The van der Waals surface area contributed by atoms with Gasteiger partial charge in [-0.2, -0.15) is 5.10 Å². The molecule has 0 atom stereocenters. The molecule has 0 spiro atoms. The van der Waals surface area contributed by atoms with Gasteiger partial charge in [0, 0.05) is 18.7 Å². The van der Waals surface area contributed by atoms with Crippen LogP contribution < -0.4 is 10.1 Å². The summed E-state index contributed by atoms with van der Waals surface area (Å²) in [4.78, 5) is 22.4. The third-order valence-corrected chi connectivity index (χ3v) is 4.24. The summed E-state index contributed by atoms with van der Waals surface area (Å²) in [5.74, 6) is 0.651. The molecule has 0 bridgehead atoms. The average molecular weight is 405 g/mol. The zero-order valence-electron chi connectivity index (χ0n) is 14.9. The van der Waals surface area contributed by atoms with E-state index in [9.17, 15) is 14.9 Å². The van der Waals surface area contributed by atoms with Crippen molar-refractivity contribution in [3.05, 3.63) is 74.9 Å². The molecule has 28 heavy (non-hydrogen) atoms. The third kappa shape index (κ3) is 4.49. The van der Waals surface area contributed by atoms with E-state index in [-0.39, 0.29) is 30.5 Å². The molecule has 0 fully saturated rings. The first kappa shape index (κ1) is 19.4. The van der Waals surface area contributed by atoms with Crippen LogP contribution in [0.2, 0.25) is 5.02 Å². The second kappa shape index (κ2) is 8.57. The average Bonchev–Trinajstić information content (AvgIpc) is 3.31. The lowest BCUT2D eigenvalue weighted by molar-refractivity contribution is -0.384. The number of hydrogen-bond donors (Lipinski definition) is 1. The van der Waals surface area contributed by atoms with Gasteiger partial charge in [-0.25, -0.2) is 0 Å².